The molecular formula is C9H16O3Si. The Morgan fingerprint density at radius 2 is 2.08 bits per heavy atom. The van der Waals surface area contributed by atoms with Crippen LogP contribution in [0.2, 0.25) is 11.6 Å². The molecule has 74 valence electrons. The molecule has 3 nitrogen and oxygen atoms in total. The predicted octanol–water partition coefficient (Wildman–Crippen LogP) is 1.24. The maximum absolute atomic E-state index is 10.0. The molecule has 0 bridgehead atoms. The fraction of sp³-hybridized carbons (Fsp3) is 0.667. The number of rotatable bonds is 2. The molecule has 1 atom stereocenters. The van der Waals surface area contributed by atoms with E-state index in [-0.39, 0.29) is 11.6 Å². The van der Waals surface area contributed by atoms with Gasteiger partial charge in [-0.05, 0) is 11.6 Å². The first kappa shape index (κ1) is 12.2. The van der Waals surface area contributed by atoms with Crippen molar-refractivity contribution in [1.29, 1.82) is 0 Å². The molecule has 0 saturated heterocycles. The van der Waals surface area contributed by atoms with Gasteiger partial charge in [0.25, 0.3) is 0 Å². The first-order valence-electron chi connectivity index (χ1n) is 4.17. The molecule has 0 aromatic heterocycles. The molecule has 0 heterocycles. The first-order chi connectivity index (χ1) is 5.84. The molecule has 0 rings (SSSR count). The van der Waals surface area contributed by atoms with Crippen molar-refractivity contribution in [2.45, 2.75) is 32.4 Å². The van der Waals surface area contributed by atoms with E-state index in [0.29, 0.717) is 0 Å². The summed E-state index contributed by atoms with van der Waals surface area (Å²) in [5.41, 5.74) is 0. The molecule has 13 heavy (non-hydrogen) atoms. The van der Waals surface area contributed by atoms with Crippen LogP contribution in [0.15, 0.2) is 0 Å². The molecule has 0 radical (unpaired) electrons. The summed E-state index contributed by atoms with van der Waals surface area (Å²) in [6.45, 7) is 8.68. The average molecular weight is 200 g/mol. The van der Waals surface area contributed by atoms with Crippen molar-refractivity contribution >= 4 is 15.0 Å². The first-order valence-corrected chi connectivity index (χ1v) is 6.38. The van der Waals surface area contributed by atoms with Crippen molar-refractivity contribution < 1.29 is 14.3 Å². The highest BCUT2D eigenvalue weighted by Gasteiger charge is 2.22. The molecule has 0 aromatic carbocycles. The summed E-state index contributed by atoms with van der Waals surface area (Å²) >= 11 is 0. The lowest BCUT2D eigenvalue weighted by atomic mass is 10.3. The lowest BCUT2D eigenvalue weighted by Gasteiger charge is -2.24. The second-order valence-electron chi connectivity index (χ2n) is 3.93. The molecule has 0 saturated carbocycles. The van der Waals surface area contributed by atoms with Gasteiger partial charge in [-0.2, -0.15) is 0 Å². The van der Waals surface area contributed by atoms with Crippen molar-refractivity contribution in [2.75, 3.05) is 6.61 Å². The third-order valence-electron chi connectivity index (χ3n) is 1.82. The largest absolute Gasteiger partial charge is 0.472 e. The monoisotopic (exact) mass is 200 g/mol. The van der Waals surface area contributed by atoms with Crippen LogP contribution in [0.3, 0.4) is 0 Å². The molecule has 0 spiro atoms. The minimum Gasteiger partial charge on any atom is -0.472 e. The summed E-state index contributed by atoms with van der Waals surface area (Å²) in [5.74, 6) is 3.36. The average Bonchev–Trinajstić information content (AvgIpc) is 1.95. The molecule has 1 N–H and O–H groups in total. The van der Waals surface area contributed by atoms with E-state index in [9.17, 15) is 4.79 Å². The normalized spacial score (nSPS) is 12.9. The van der Waals surface area contributed by atoms with Crippen LogP contribution >= 0.6 is 0 Å². The zero-order chi connectivity index (χ0) is 10.5. The number of hydrogen-bond acceptors (Lipinski definition) is 2. The highest BCUT2D eigenvalue weighted by Crippen LogP contribution is 2.26. The zero-order valence-electron chi connectivity index (χ0n) is 8.55. The Morgan fingerprint density at radius 1 is 1.54 bits per heavy atom. The molecule has 0 aliphatic carbocycles. The van der Waals surface area contributed by atoms with E-state index in [4.69, 9.17) is 9.53 Å². The van der Waals surface area contributed by atoms with Gasteiger partial charge in [-0.3, -0.25) is 0 Å². The molecule has 1 unspecified atom stereocenters. The van der Waals surface area contributed by atoms with Gasteiger partial charge in [-0.1, -0.05) is 26.7 Å². The van der Waals surface area contributed by atoms with Gasteiger partial charge in [0, 0.05) is 5.92 Å². The van der Waals surface area contributed by atoms with Crippen molar-refractivity contribution in [3.8, 4) is 11.8 Å². The SMILES string of the molecule is C[SiH](OCC#CC(=O)O)C(C)(C)C. The fourth-order valence-electron chi connectivity index (χ4n) is 0.528. The molecule has 0 aliphatic heterocycles. The Labute approximate surface area is 80.8 Å². The second kappa shape index (κ2) is 5.05. The number of carbonyl (C=O) groups is 1. The highest BCUT2D eigenvalue weighted by atomic mass is 28.3. The van der Waals surface area contributed by atoms with Crippen LogP contribution in [0, 0.1) is 11.8 Å². The van der Waals surface area contributed by atoms with Crippen molar-refractivity contribution in [3.63, 3.8) is 0 Å². The van der Waals surface area contributed by atoms with Crippen LogP contribution in [-0.2, 0) is 9.22 Å². The third kappa shape index (κ3) is 6.38. The van der Waals surface area contributed by atoms with Crippen LogP contribution in [0.5, 0.6) is 0 Å². The number of aliphatic carboxylic acids is 1. The summed E-state index contributed by atoms with van der Waals surface area (Å²) in [7, 11) is -1.25. The van der Waals surface area contributed by atoms with Gasteiger partial charge in [0.1, 0.15) is 0 Å². The zero-order valence-corrected chi connectivity index (χ0v) is 9.70. The van der Waals surface area contributed by atoms with Gasteiger partial charge >= 0.3 is 5.97 Å². The third-order valence-corrected chi connectivity index (χ3v) is 4.93. The van der Waals surface area contributed by atoms with Crippen LogP contribution < -0.4 is 0 Å². The van der Waals surface area contributed by atoms with Gasteiger partial charge in [-0.25, -0.2) is 4.79 Å². The van der Waals surface area contributed by atoms with Gasteiger partial charge in [0.2, 0.25) is 0 Å². The van der Waals surface area contributed by atoms with E-state index in [0.717, 1.165) is 0 Å². The Bertz CT molecular complexity index is 231. The quantitative estimate of drug-likeness (QED) is 0.539. The molecule has 0 aromatic rings. The van der Waals surface area contributed by atoms with Gasteiger partial charge in [0.05, 0.1) is 6.61 Å². The fourth-order valence-corrected chi connectivity index (χ4v) is 1.36. The van der Waals surface area contributed by atoms with Crippen LogP contribution in [-0.4, -0.2) is 26.7 Å². The number of hydrogen-bond donors (Lipinski definition) is 1. The number of carboxylic acids is 1. The van der Waals surface area contributed by atoms with E-state index in [2.05, 4.69) is 33.2 Å². The standard InChI is InChI=1S/C9H16O3Si/c1-9(2,3)13(4)12-7-5-6-8(10)11/h13H,7H2,1-4H3,(H,10,11). The summed E-state index contributed by atoms with van der Waals surface area (Å²) in [6.07, 6.45) is 0. The molecular weight excluding hydrogens is 184 g/mol. The van der Waals surface area contributed by atoms with Crippen molar-refractivity contribution in [2.24, 2.45) is 0 Å². The summed E-state index contributed by atoms with van der Waals surface area (Å²) in [4.78, 5) is 10.0. The highest BCUT2D eigenvalue weighted by molar-refractivity contribution is 6.53. The molecule has 4 heteroatoms. The summed E-state index contributed by atoms with van der Waals surface area (Å²) in [5, 5.41) is 8.42. The second-order valence-corrected chi connectivity index (χ2v) is 7.28. The van der Waals surface area contributed by atoms with Crippen molar-refractivity contribution in [1.82, 2.24) is 0 Å². The Hall–Kier alpha value is -0.793. The maximum Gasteiger partial charge on any atom is 0.381 e. The summed E-state index contributed by atoms with van der Waals surface area (Å²) in [6, 6.07) is 0. The molecule has 0 fully saturated rings. The number of carboxylic acid groups (broad SMARTS) is 1. The van der Waals surface area contributed by atoms with E-state index < -0.39 is 15.0 Å². The molecule has 0 aliphatic rings. The van der Waals surface area contributed by atoms with E-state index in [1.807, 2.05) is 5.92 Å². The minimum absolute atomic E-state index is 0.199. The lowest BCUT2D eigenvalue weighted by molar-refractivity contribution is -0.130. The smallest absolute Gasteiger partial charge is 0.381 e. The van der Waals surface area contributed by atoms with Gasteiger partial charge in [-0.15, -0.1) is 0 Å². The van der Waals surface area contributed by atoms with E-state index in [1.54, 1.807) is 0 Å². The minimum atomic E-state index is -1.25. The Balaban J connectivity index is 3.80. The van der Waals surface area contributed by atoms with Gasteiger partial charge in [0.15, 0.2) is 9.04 Å². The van der Waals surface area contributed by atoms with Crippen LogP contribution in [0.1, 0.15) is 20.8 Å². The van der Waals surface area contributed by atoms with Gasteiger partial charge < -0.3 is 9.53 Å². The Kier molecular flexibility index (Phi) is 4.74. The maximum atomic E-state index is 10.0. The van der Waals surface area contributed by atoms with Crippen LogP contribution in [0.25, 0.3) is 0 Å². The Morgan fingerprint density at radius 3 is 2.46 bits per heavy atom. The van der Waals surface area contributed by atoms with E-state index in [1.165, 1.54) is 0 Å². The van der Waals surface area contributed by atoms with Crippen LogP contribution in [0.4, 0.5) is 0 Å². The molecule has 0 amide bonds. The predicted molar refractivity (Wildman–Crippen MR) is 54.1 cm³/mol. The topological polar surface area (TPSA) is 46.5 Å². The van der Waals surface area contributed by atoms with Crippen molar-refractivity contribution in [3.05, 3.63) is 0 Å². The van der Waals surface area contributed by atoms with E-state index >= 15 is 0 Å². The lowest BCUT2D eigenvalue weighted by Crippen LogP contribution is -2.25. The summed E-state index contributed by atoms with van der Waals surface area (Å²) < 4.78 is 5.46.